The molecule has 2 fully saturated rings. The predicted octanol–water partition coefficient (Wildman–Crippen LogP) is 1.79. The summed E-state index contributed by atoms with van der Waals surface area (Å²) in [5.41, 5.74) is 1.63. The van der Waals surface area contributed by atoms with Crippen molar-refractivity contribution in [3.05, 3.63) is 5.51 Å². The van der Waals surface area contributed by atoms with Crippen molar-refractivity contribution in [3.8, 4) is 0 Å². The maximum absolute atomic E-state index is 12.1. The second-order valence-corrected chi connectivity index (χ2v) is 6.01. The number of fused-ring (bicyclic) bond motifs is 1. The number of piperidine rings is 1. The molecule has 0 spiro atoms. The molecule has 1 aromatic heterocycles. The Morgan fingerprint density at radius 3 is 3.06 bits per heavy atom. The van der Waals surface area contributed by atoms with Crippen LogP contribution in [0.3, 0.4) is 0 Å². The first kappa shape index (κ1) is 12.0. The molecule has 0 bridgehead atoms. The van der Waals surface area contributed by atoms with Gasteiger partial charge in [0, 0.05) is 6.04 Å². The lowest BCUT2D eigenvalue weighted by atomic mass is 9.77. The number of nitrogens with zero attached hydrogens (tertiary/aromatic N) is 2. The molecule has 0 radical (unpaired) electrons. The van der Waals surface area contributed by atoms with Crippen LogP contribution >= 0.6 is 11.3 Å². The van der Waals surface area contributed by atoms with Crippen molar-refractivity contribution in [1.82, 2.24) is 15.5 Å². The van der Waals surface area contributed by atoms with Crippen LogP contribution in [0.4, 0.5) is 5.13 Å². The molecular formula is C12H18N4OS. The molecule has 5 nitrogen and oxygen atoms in total. The first-order valence-electron chi connectivity index (χ1n) is 6.66. The van der Waals surface area contributed by atoms with Crippen LogP contribution in [0, 0.1) is 5.92 Å². The van der Waals surface area contributed by atoms with Crippen molar-refractivity contribution in [1.29, 1.82) is 0 Å². The maximum atomic E-state index is 12.1. The molecule has 3 atom stereocenters. The quantitative estimate of drug-likeness (QED) is 0.856. The summed E-state index contributed by atoms with van der Waals surface area (Å²) in [6.45, 7) is 0. The minimum Gasteiger partial charge on any atom is -0.303 e. The normalized spacial score (nSPS) is 31.7. The molecule has 3 unspecified atom stereocenters. The van der Waals surface area contributed by atoms with E-state index in [0.717, 1.165) is 12.3 Å². The molecule has 2 heterocycles. The highest BCUT2D eigenvalue weighted by molar-refractivity contribution is 7.13. The minimum atomic E-state index is -0.0618. The largest absolute Gasteiger partial charge is 0.303 e. The van der Waals surface area contributed by atoms with E-state index >= 15 is 0 Å². The summed E-state index contributed by atoms with van der Waals surface area (Å²) in [4.78, 5) is 12.1. The van der Waals surface area contributed by atoms with E-state index in [4.69, 9.17) is 0 Å². The number of hydrogen-bond acceptors (Lipinski definition) is 5. The number of carbonyl (C=O) groups is 1. The van der Waals surface area contributed by atoms with Crippen LogP contribution in [0.15, 0.2) is 5.51 Å². The fourth-order valence-corrected chi connectivity index (χ4v) is 3.57. The summed E-state index contributed by atoms with van der Waals surface area (Å²) < 4.78 is 0. The average Bonchev–Trinajstić information content (AvgIpc) is 2.91. The zero-order valence-electron chi connectivity index (χ0n) is 10.3. The second kappa shape index (κ2) is 5.32. The zero-order chi connectivity index (χ0) is 12.4. The Bertz CT molecular complexity index is 408. The third-order valence-electron chi connectivity index (χ3n) is 4.06. The zero-order valence-corrected chi connectivity index (χ0v) is 11.1. The van der Waals surface area contributed by atoms with Crippen LogP contribution < -0.4 is 10.6 Å². The second-order valence-electron chi connectivity index (χ2n) is 5.18. The highest BCUT2D eigenvalue weighted by Gasteiger charge is 2.34. The van der Waals surface area contributed by atoms with Crippen LogP contribution in [0.5, 0.6) is 0 Å². The molecule has 3 rings (SSSR count). The first-order chi connectivity index (χ1) is 8.83. The molecule has 6 heteroatoms. The van der Waals surface area contributed by atoms with Crippen LogP contribution in [-0.2, 0) is 4.79 Å². The number of amides is 1. The number of anilines is 1. The average molecular weight is 266 g/mol. The monoisotopic (exact) mass is 266 g/mol. The van der Waals surface area contributed by atoms with Gasteiger partial charge in [0.1, 0.15) is 5.51 Å². The topological polar surface area (TPSA) is 66.9 Å². The fraction of sp³-hybridized carbons (Fsp3) is 0.750. The minimum absolute atomic E-state index is 0.0378. The number of rotatable bonds is 2. The fourth-order valence-electron chi connectivity index (χ4n) is 3.12. The summed E-state index contributed by atoms with van der Waals surface area (Å²) in [7, 11) is 0. The smallest absolute Gasteiger partial charge is 0.243 e. The lowest BCUT2D eigenvalue weighted by molar-refractivity contribution is -0.119. The van der Waals surface area contributed by atoms with Gasteiger partial charge in [0.05, 0.1) is 6.04 Å². The van der Waals surface area contributed by atoms with Gasteiger partial charge < -0.3 is 5.32 Å². The molecule has 2 N–H and O–H groups in total. The van der Waals surface area contributed by atoms with E-state index in [9.17, 15) is 4.79 Å². The van der Waals surface area contributed by atoms with E-state index in [0.29, 0.717) is 11.2 Å². The molecule has 0 aromatic carbocycles. The molecule has 98 valence electrons. The van der Waals surface area contributed by atoms with Crippen molar-refractivity contribution >= 4 is 22.4 Å². The Hall–Kier alpha value is -1.01. The lowest BCUT2D eigenvalue weighted by Crippen LogP contribution is -2.53. The van der Waals surface area contributed by atoms with Gasteiger partial charge in [-0.1, -0.05) is 24.2 Å². The SMILES string of the molecule is O=C(Nc1nncs1)C1CCC2CCCCC2N1. The van der Waals surface area contributed by atoms with Gasteiger partial charge in [-0.2, -0.15) is 0 Å². The van der Waals surface area contributed by atoms with Crippen LogP contribution in [0.25, 0.3) is 0 Å². The van der Waals surface area contributed by atoms with Crippen molar-refractivity contribution in [2.45, 2.75) is 50.6 Å². The molecular weight excluding hydrogens is 248 g/mol. The van der Waals surface area contributed by atoms with E-state index in [2.05, 4.69) is 20.8 Å². The number of aromatic nitrogens is 2. The highest BCUT2D eigenvalue weighted by Crippen LogP contribution is 2.32. The van der Waals surface area contributed by atoms with Gasteiger partial charge in [0.2, 0.25) is 11.0 Å². The molecule has 1 saturated carbocycles. The summed E-state index contributed by atoms with van der Waals surface area (Å²) >= 11 is 1.36. The number of carbonyl (C=O) groups excluding carboxylic acids is 1. The van der Waals surface area contributed by atoms with Crippen molar-refractivity contribution in [2.24, 2.45) is 5.92 Å². The van der Waals surface area contributed by atoms with Gasteiger partial charge in [-0.25, -0.2) is 0 Å². The van der Waals surface area contributed by atoms with Gasteiger partial charge in [0.25, 0.3) is 0 Å². The van der Waals surface area contributed by atoms with E-state index in [1.54, 1.807) is 5.51 Å². The van der Waals surface area contributed by atoms with Crippen LogP contribution in [-0.4, -0.2) is 28.2 Å². The Labute approximate surface area is 110 Å². The number of nitrogens with one attached hydrogen (secondary N) is 2. The third kappa shape index (κ3) is 2.54. The Morgan fingerprint density at radius 2 is 2.22 bits per heavy atom. The summed E-state index contributed by atoms with van der Waals surface area (Å²) in [5, 5.41) is 14.5. The summed E-state index contributed by atoms with van der Waals surface area (Å²) in [6.07, 6.45) is 7.29. The van der Waals surface area contributed by atoms with Crippen molar-refractivity contribution in [2.75, 3.05) is 5.32 Å². The van der Waals surface area contributed by atoms with Gasteiger partial charge in [-0.3, -0.25) is 10.1 Å². The first-order valence-corrected chi connectivity index (χ1v) is 7.54. The van der Waals surface area contributed by atoms with Crippen molar-refractivity contribution < 1.29 is 4.79 Å². The molecule has 18 heavy (non-hydrogen) atoms. The van der Waals surface area contributed by atoms with Gasteiger partial charge in [-0.05, 0) is 31.6 Å². The molecule has 1 saturated heterocycles. The molecule has 2 aliphatic rings. The van der Waals surface area contributed by atoms with E-state index in [1.165, 1.54) is 43.4 Å². The Morgan fingerprint density at radius 1 is 1.33 bits per heavy atom. The standard InChI is InChI=1S/C12H18N4OS/c17-11(15-12-16-13-7-18-12)10-6-5-8-3-1-2-4-9(8)14-10/h7-10,14H,1-6H2,(H,15,16,17). The Kier molecular flexibility index (Phi) is 3.56. The molecule has 1 amide bonds. The maximum Gasteiger partial charge on any atom is 0.243 e. The molecule has 1 aromatic rings. The molecule has 1 aliphatic heterocycles. The number of hydrogen-bond donors (Lipinski definition) is 2. The third-order valence-corrected chi connectivity index (χ3v) is 4.66. The summed E-state index contributed by atoms with van der Waals surface area (Å²) in [5.74, 6) is 0.820. The molecule has 1 aliphatic carbocycles. The Balaban J connectivity index is 1.58. The lowest BCUT2D eigenvalue weighted by Gasteiger charge is -2.39. The van der Waals surface area contributed by atoms with Gasteiger partial charge in [0.15, 0.2) is 0 Å². The van der Waals surface area contributed by atoms with Crippen LogP contribution in [0.1, 0.15) is 38.5 Å². The van der Waals surface area contributed by atoms with Crippen LogP contribution in [0.2, 0.25) is 0 Å². The van der Waals surface area contributed by atoms with E-state index in [1.807, 2.05) is 0 Å². The van der Waals surface area contributed by atoms with E-state index in [-0.39, 0.29) is 11.9 Å². The van der Waals surface area contributed by atoms with Crippen molar-refractivity contribution in [3.63, 3.8) is 0 Å². The van der Waals surface area contributed by atoms with Gasteiger partial charge in [-0.15, -0.1) is 10.2 Å². The van der Waals surface area contributed by atoms with E-state index < -0.39 is 0 Å². The summed E-state index contributed by atoms with van der Waals surface area (Å²) in [6, 6.07) is 0.478. The highest BCUT2D eigenvalue weighted by atomic mass is 32.1. The predicted molar refractivity (Wildman–Crippen MR) is 70.4 cm³/mol. The van der Waals surface area contributed by atoms with Gasteiger partial charge >= 0.3 is 0 Å².